The topological polar surface area (TPSA) is 81.5 Å². The largest absolute Gasteiger partial charge is 0.393 e. The van der Waals surface area contributed by atoms with Gasteiger partial charge in [-0.3, -0.25) is 4.57 Å². The van der Waals surface area contributed by atoms with Gasteiger partial charge in [0.05, 0.1) is 12.3 Å². The lowest BCUT2D eigenvalue weighted by Crippen LogP contribution is -2.43. The predicted octanol–water partition coefficient (Wildman–Crippen LogP) is 0.0542. The van der Waals surface area contributed by atoms with Crippen molar-refractivity contribution in [1.82, 2.24) is 18.5 Å². The average Bonchev–Trinajstić information content (AvgIpc) is 2.77. The number of hydrogen-bond acceptors (Lipinski definition) is 4. The molecule has 1 N–H and O–H groups in total. The molecule has 2 aromatic rings. The van der Waals surface area contributed by atoms with Gasteiger partial charge in [0.15, 0.2) is 0 Å². The Labute approximate surface area is 116 Å². The van der Waals surface area contributed by atoms with Crippen LogP contribution in [0.1, 0.15) is 31.9 Å². The zero-order chi connectivity index (χ0) is 14.9. The molecule has 7 nitrogen and oxygen atoms in total. The van der Waals surface area contributed by atoms with Gasteiger partial charge in [-0.1, -0.05) is 0 Å². The fourth-order valence-corrected chi connectivity index (χ4v) is 2.27. The van der Waals surface area contributed by atoms with Crippen molar-refractivity contribution in [2.75, 3.05) is 0 Å². The molecule has 0 fully saturated rings. The van der Waals surface area contributed by atoms with E-state index in [9.17, 15) is 14.7 Å². The Balaban J connectivity index is 2.36. The van der Waals surface area contributed by atoms with E-state index in [4.69, 9.17) is 0 Å². The summed E-state index contributed by atoms with van der Waals surface area (Å²) in [5, 5.41) is 9.21. The summed E-state index contributed by atoms with van der Waals surface area (Å²) in [6.07, 6.45) is 3.34. The molecule has 0 aromatic carbocycles. The Morgan fingerprint density at radius 2 is 2.00 bits per heavy atom. The van der Waals surface area contributed by atoms with Crippen LogP contribution in [0.3, 0.4) is 0 Å². The first-order valence-electron chi connectivity index (χ1n) is 6.75. The number of aliphatic hydroxyl groups is 1. The number of aliphatic hydroxyl groups excluding tert-OH is 1. The van der Waals surface area contributed by atoms with Crippen molar-refractivity contribution in [2.24, 2.45) is 7.05 Å². The SMILES string of the molecule is Cc1cnc2n(C)c(=O)n(CCCC[C@@H](C)O)c(=O)n12. The Bertz CT molecular complexity index is 724. The van der Waals surface area contributed by atoms with E-state index in [0.717, 1.165) is 6.42 Å². The summed E-state index contributed by atoms with van der Waals surface area (Å²) < 4.78 is 4.04. The van der Waals surface area contributed by atoms with Gasteiger partial charge in [-0.2, -0.15) is 0 Å². The molecule has 2 rings (SSSR count). The number of imidazole rings is 1. The third kappa shape index (κ3) is 2.53. The summed E-state index contributed by atoms with van der Waals surface area (Å²) in [5.41, 5.74) is -0.00127. The number of nitrogens with zero attached hydrogens (tertiary/aromatic N) is 4. The summed E-state index contributed by atoms with van der Waals surface area (Å²) in [7, 11) is 1.61. The van der Waals surface area contributed by atoms with Gasteiger partial charge in [-0.25, -0.2) is 23.5 Å². The fourth-order valence-electron chi connectivity index (χ4n) is 2.27. The van der Waals surface area contributed by atoms with Crippen LogP contribution in [-0.2, 0) is 13.6 Å². The van der Waals surface area contributed by atoms with Crippen LogP contribution in [0.25, 0.3) is 5.78 Å². The van der Waals surface area contributed by atoms with Crippen molar-refractivity contribution in [1.29, 1.82) is 0 Å². The smallest absolute Gasteiger partial charge is 0.339 e. The van der Waals surface area contributed by atoms with E-state index in [1.807, 2.05) is 0 Å². The van der Waals surface area contributed by atoms with Crippen LogP contribution in [0, 0.1) is 6.92 Å². The molecule has 0 spiro atoms. The molecule has 0 amide bonds. The minimum absolute atomic E-state index is 0.352. The van der Waals surface area contributed by atoms with Gasteiger partial charge in [0.1, 0.15) is 0 Å². The van der Waals surface area contributed by atoms with Crippen LogP contribution in [0.15, 0.2) is 15.8 Å². The van der Waals surface area contributed by atoms with Crippen molar-refractivity contribution in [2.45, 2.75) is 45.8 Å². The van der Waals surface area contributed by atoms with Crippen molar-refractivity contribution in [3.8, 4) is 0 Å². The highest BCUT2D eigenvalue weighted by Crippen LogP contribution is 2.02. The Morgan fingerprint density at radius 3 is 2.65 bits per heavy atom. The summed E-state index contributed by atoms with van der Waals surface area (Å²) in [6, 6.07) is 0. The zero-order valence-corrected chi connectivity index (χ0v) is 12.0. The lowest BCUT2D eigenvalue weighted by Gasteiger charge is -2.09. The molecule has 110 valence electrons. The van der Waals surface area contributed by atoms with Crippen LogP contribution in [0.2, 0.25) is 0 Å². The maximum Gasteiger partial charge on any atom is 0.339 e. The molecule has 0 saturated carbocycles. The Morgan fingerprint density at radius 1 is 1.30 bits per heavy atom. The molecule has 0 aliphatic carbocycles. The Kier molecular flexibility index (Phi) is 4.08. The molecule has 7 heteroatoms. The monoisotopic (exact) mass is 280 g/mol. The minimum atomic E-state index is -0.356. The highest BCUT2D eigenvalue weighted by atomic mass is 16.3. The van der Waals surface area contributed by atoms with E-state index in [1.165, 1.54) is 13.5 Å². The standard InChI is InChI=1S/C13H20N4O3/c1-9-8-14-11-15(3)12(19)16(13(20)17(9)11)7-5-4-6-10(2)18/h8,10,18H,4-7H2,1-3H3/t10-/m1/s1. The molecule has 1 atom stereocenters. The molecule has 2 aromatic heterocycles. The second-order valence-corrected chi connectivity index (χ2v) is 5.16. The number of unbranched alkanes of at least 4 members (excludes halogenated alkanes) is 1. The maximum atomic E-state index is 12.3. The zero-order valence-electron chi connectivity index (χ0n) is 12.0. The number of aryl methyl sites for hydroxylation is 2. The van der Waals surface area contributed by atoms with Gasteiger partial charge < -0.3 is 5.11 Å². The highest BCUT2D eigenvalue weighted by molar-refractivity contribution is 5.30. The third-order valence-electron chi connectivity index (χ3n) is 3.41. The van der Waals surface area contributed by atoms with Gasteiger partial charge in [-0.15, -0.1) is 0 Å². The average molecular weight is 280 g/mol. The van der Waals surface area contributed by atoms with E-state index < -0.39 is 0 Å². The highest BCUT2D eigenvalue weighted by Gasteiger charge is 2.13. The number of hydrogen-bond donors (Lipinski definition) is 1. The van der Waals surface area contributed by atoms with Gasteiger partial charge in [0, 0.05) is 19.3 Å². The van der Waals surface area contributed by atoms with E-state index in [2.05, 4.69) is 4.98 Å². The first-order chi connectivity index (χ1) is 9.43. The summed E-state index contributed by atoms with van der Waals surface area (Å²) in [4.78, 5) is 28.6. The summed E-state index contributed by atoms with van der Waals surface area (Å²) in [6.45, 7) is 3.86. The molecule has 20 heavy (non-hydrogen) atoms. The summed E-state index contributed by atoms with van der Waals surface area (Å²) in [5.74, 6) is 0.359. The molecule has 0 aliphatic rings. The minimum Gasteiger partial charge on any atom is -0.393 e. The second kappa shape index (κ2) is 5.62. The Hall–Kier alpha value is -1.89. The quantitative estimate of drug-likeness (QED) is 0.785. The molecule has 0 aliphatic heterocycles. The second-order valence-electron chi connectivity index (χ2n) is 5.16. The van der Waals surface area contributed by atoms with Gasteiger partial charge in [0.25, 0.3) is 0 Å². The van der Waals surface area contributed by atoms with Crippen LogP contribution in [0.4, 0.5) is 0 Å². The van der Waals surface area contributed by atoms with Crippen LogP contribution in [-0.4, -0.2) is 29.7 Å². The molecule has 0 saturated heterocycles. The van der Waals surface area contributed by atoms with E-state index in [0.29, 0.717) is 30.9 Å². The first kappa shape index (κ1) is 14.5. The molecule has 0 unspecified atom stereocenters. The van der Waals surface area contributed by atoms with Crippen LogP contribution >= 0.6 is 0 Å². The van der Waals surface area contributed by atoms with Gasteiger partial charge >= 0.3 is 11.4 Å². The van der Waals surface area contributed by atoms with Crippen LogP contribution in [0.5, 0.6) is 0 Å². The summed E-state index contributed by atoms with van der Waals surface area (Å²) >= 11 is 0. The van der Waals surface area contributed by atoms with E-state index in [-0.39, 0.29) is 17.5 Å². The third-order valence-corrected chi connectivity index (χ3v) is 3.41. The van der Waals surface area contributed by atoms with Crippen LogP contribution < -0.4 is 11.4 Å². The molecule has 0 radical (unpaired) electrons. The van der Waals surface area contributed by atoms with Crippen molar-refractivity contribution in [3.63, 3.8) is 0 Å². The predicted molar refractivity (Wildman–Crippen MR) is 75.0 cm³/mol. The van der Waals surface area contributed by atoms with E-state index >= 15 is 0 Å². The van der Waals surface area contributed by atoms with E-state index in [1.54, 1.807) is 27.1 Å². The molecule has 0 bridgehead atoms. The van der Waals surface area contributed by atoms with Gasteiger partial charge in [0.2, 0.25) is 5.78 Å². The molecule has 2 heterocycles. The molecular formula is C13H20N4O3. The number of fused-ring (bicyclic) bond motifs is 1. The lowest BCUT2D eigenvalue weighted by molar-refractivity contribution is 0.180. The first-order valence-corrected chi connectivity index (χ1v) is 6.75. The van der Waals surface area contributed by atoms with Gasteiger partial charge in [-0.05, 0) is 33.1 Å². The fraction of sp³-hybridized carbons (Fsp3) is 0.615. The van der Waals surface area contributed by atoms with Crippen molar-refractivity contribution >= 4 is 5.78 Å². The normalized spacial score (nSPS) is 13.0. The number of aromatic nitrogens is 4. The lowest BCUT2D eigenvalue weighted by atomic mass is 10.2. The van der Waals surface area contributed by atoms with Crippen molar-refractivity contribution in [3.05, 3.63) is 32.9 Å². The maximum absolute atomic E-state index is 12.3. The molecular weight excluding hydrogens is 260 g/mol. The number of rotatable bonds is 5. The van der Waals surface area contributed by atoms with Crippen molar-refractivity contribution < 1.29 is 5.11 Å².